The number of hydrogen-bond donors (Lipinski definition) is 3. The maximum absolute atomic E-state index is 9.95. The zero-order chi connectivity index (χ0) is 12.3. The monoisotopic (exact) mass is 235 g/mol. The van der Waals surface area contributed by atoms with Gasteiger partial charge >= 0.3 is 0 Å². The Bertz CT molecular complexity index is 372. The molecule has 17 heavy (non-hydrogen) atoms. The highest BCUT2D eigenvalue weighted by Gasteiger charge is 2.41. The molecule has 3 nitrogen and oxygen atoms in total. The van der Waals surface area contributed by atoms with E-state index in [1.165, 1.54) is 0 Å². The van der Waals surface area contributed by atoms with E-state index < -0.39 is 0 Å². The van der Waals surface area contributed by atoms with Crippen molar-refractivity contribution in [2.45, 2.75) is 31.6 Å². The third kappa shape index (κ3) is 2.17. The number of rotatable bonds is 4. The minimum atomic E-state index is -0.131. The molecule has 1 saturated carbocycles. The summed E-state index contributed by atoms with van der Waals surface area (Å²) in [6, 6.07) is 7.34. The van der Waals surface area contributed by atoms with E-state index in [-0.39, 0.29) is 17.9 Å². The fourth-order valence-electron chi connectivity index (χ4n) is 3.18. The largest absolute Gasteiger partial charge is 0.508 e. The fourth-order valence-corrected chi connectivity index (χ4v) is 3.18. The number of aliphatic hydroxyl groups is 1. The summed E-state index contributed by atoms with van der Waals surface area (Å²) in [5.41, 5.74) is 6.64. The lowest BCUT2D eigenvalue weighted by Gasteiger charge is -2.36. The molecule has 2 rings (SSSR count). The number of nitrogens with two attached hydrogens (primary N) is 1. The van der Waals surface area contributed by atoms with Gasteiger partial charge in [0.2, 0.25) is 0 Å². The molecule has 0 spiro atoms. The van der Waals surface area contributed by atoms with Gasteiger partial charge in [-0.15, -0.1) is 0 Å². The van der Waals surface area contributed by atoms with Crippen molar-refractivity contribution in [1.29, 1.82) is 0 Å². The minimum Gasteiger partial charge on any atom is -0.508 e. The van der Waals surface area contributed by atoms with Crippen LogP contribution in [0.1, 0.15) is 37.2 Å². The van der Waals surface area contributed by atoms with Crippen LogP contribution in [-0.2, 0) is 0 Å². The highest BCUT2D eigenvalue weighted by molar-refractivity contribution is 5.36. The van der Waals surface area contributed by atoms with Gasteiger partial charge in [-0.25, -0.2) is 0 Å². The predicted molar refractivity (Wildman–Crippen MR) is 67.9 cm³/mol. The third-order valence-corrected chi connectivity index (χ3v) is 4.20. The van der Waals surface area contributed by atoms with Gasteiger partial charge in [0.25, 0.3) is 0 Å². The van der Waals surface area contributed by atoms with Crippen LogP contribution in [0.3, 0.4) is 0 Å². The van der Waals surface area contributed by atoms with Gasteiger partial charge in [-0.3, -0.25) is 0 Å². The highest BCUT2D eigenvalue weighted by Crippen LogP contribution is 2.49. The quantitative estimate of drug-likeness (QED) is 0.747. The summed E-state index contributed by atoms with van der Waals surface area (Å²) in [6.07, 6.45) is 4.29. The molecule has 0 heterocycles. The van der Waals surface area contributed by atoms with Crippen LogP contribution >= 0.6 is 0 Å². The average Bonchev–Trinajstić information content (AvgIpc) is 2.82. The van der Waals surface area contributed by atoms with E-state index >= 15 is 0 Å². The second-order valence-corrected chi connectivity index (χ2v) is 5.07. The maximum Gasteiger partial charge on any atom is 0.119 e. The molecule has 1 aromatic carbocycles. The molecular weight excluding hydrogens is 214 g/mol. The Morgan fingerprint density at radius 3 is 2.41 bits per heavy atom. The first-order valence-electron chi connectivity index (χ1n) is 6.32. The number of benzene rings is 1. The lowest BCUT2D eigenvalue weighted by Crippen LogP contribution is -2.34. The lowest BCUT2D eigenvalue weighted by molar-refractivity contribution is 0.102. The Hall–Kier alpha value is -1.06. The van der Waals surface area contributed by atoms with Crippen LogP contribution < -0.4 is 5.73 Å². The van der Waals surface area contributed by atoms with Crippen LogP contribution in [0.4, 0.5) is 0 Å². The van der Waals surface area contributed by atoms with E-state index in [0.29, 0.717) is 12.3 Å². The van der Waals surface area contributed by atoms with E-state index in [1.54, 1.807) is 6.07 Å². The van der Waals surface area contributed by atoms with Crippen molar-refractivity contribution in [2.24, 2.45) is 11.1 Å². The summed E-state index contributed by atoms with van der Waals surface area (Å²) in [5.74, 6) is 0.346. The second kappa shape index (κ2) is 5.07. The number of para-hydroxylation sites is 1. The molecule has 0 amide bonds. The third-order valence-electron chi connectivity index (χ3n) is 4.20. The molecule has 0 aromatic heterocycles. The van der Waals surface area contributed by atoms with Gasteiger partial charge in [0, 0.05) is 17.9 Å². The predicted octanol–water partition coefficient (Wildman–Crippen LogP) is 1.99. The second-order valence-electron chi connectivity index (χ2n) is 5.07. The van der Waals surface area contributed by atoms with Crippen molar-refractivity contribution in [2.75, 3.05) is 13.2 Å². The summed E-state index contributed by atoms with van der Waals surface area (Å²) in [7, 11) is 0. The molecule has 4 N–H and O–H groups in total. The summed E-state index contributed by atoms with van der Waals surface area (Å²) in [5, 5.41) is 19.7. The van der Waals surface area contributed by atoms with Crippen molar-refractivity contribution in [3.8, 4) is 5.75 Å². The molecule has 3 heteroatoms. The molecule has 0 aliphatic heterocycles. The van der Waals surface area contributed by atoms with Gasteiger partial charge in [0.15, 0.2) is 0 Å². The topological polar surface area (TPSA) is 66.5 Å². The molecule has 0 radical (unpaired) electrons. The Morgan fingerprint density at radius 2 is 1.88 bits per heavy atom. The van der Waals surface area contributed by atoms with Crippen LogP contribution in [0.15, 0.2) is 24.3 Å². The highest BCUT2D eigenvalue weighted by atomic mass is 16.3. The number of phenolic OH excluding ortho intramolecular Hbond substituents is 1. The number of hydrogen-bond acceptors (Lipinski definition) is 3. The van der Waals surface area contributed by atoms with E-state index in [4.69, 9.17) is 5.73 Å². The standard InChI is InChI=1S/C14H21NO2/c15-9-12(11-5-1-2-6-13(11)17)14(10-16)7-3-4-8-14/h1-2,5-6,12,16-17H,3-4,7-10,15H2/t12-/m0/s1. The van der Waals surface area contributed by atoms with Gasteiger partial charge in [-0.2, -0.15) is 0 Å². The Morgan fingerprint density at radius 1 is 1.24 bits per heavy atom. The molecular formula is C14H21NO2. The Balaban J connectivity index is 2.36. The SMILES string of the molecule is NC[C@@H](c1ccccc1O)C1(CO)CCCC1. The van der Waals surface area contributed by atoms with Crippen molar-refractivity contribution in [1.82, 2.24) is 0 Å². The smallest absolute Gasteiger partial charge is 0.119 e. The Labute approximate surface area is 102 Å². The molecule has 1 aromatic rings. The summed E-state index contributed by atoms with van der Waals surface area (Å²) < 4.78 is 0. The molecule has 1 aliphatic carbocycles. The zero-order valence-electron chi connectivity index (χ0n) is 10.1. The molecule has 0 unspecified atom stereocenters. The van der Waals surface area contributed by atoms with E-state index in [0.717, 1.165) is 31.2 Å². The van der Waals surface area contributed by atoms with Crippen molar-refractivity contribution in [3.63, 3.8) is 0 Å². The van der Waals surface area contributed by atoms with Crippen LogP contribution in [0.25, 0.3) is 0 Å². The number of aromatic hydroxyl groups is 1. The zero-order valence-corrected chi connectivity index (χ0v) is 10.1. The minimum absolute atomic E-state index is 0.0520. The van der Waals surface area contributed by atoms with Crippen LogP contribution in [-0.4, -0.2) is 23.4 Å². The lowest BCUT2D eigenvalue weighted by atomic mass is 9.71. The number of aliphatic hydroxyl groups excluding tert-OH is 1. The molecule has 1 fully saturated rings. The molecule has 1 atom stereocenters. The van der Waals surface area contributed by atoms with E-state index in [2.05, 4.69) is 0 Å². The van der Waals surface area contributed by atoms with Gasteiger partial charge in [0.05, 0.1) is 0 Å². The van der Waals surface area contributed by atoms with Crippen molar-refractivity contribution < 1.29 is 10.2 Å². The summed E-state index contributed by atoms with van der Waals surface area (Å²) in [6.45, 7) is 0.626. The van der Waals surface area contributed by atoms with Gasteiger partial charge < -0.3 is 15.9 Å². The molecule has 0 saturated heterocycles. The Kier molecular flexibility index (Phi) is 3.69. The first-order valence-corrected chi connectivity index (χ1v) is 6.32. The van der Waals surface area contributed by atoms with Crippen molar-refractivity contribution in [3.05, 3.63) is 29.8 Å². The van der Waals surface area contributed by atoms with Crippen LogP contribution in [0, 0.1) is 5.41 Å². The summed E-state index contributed by atoms with van der Waals surface area (Å²) >= 11 is 0. The van der Waals surface area contributed by atoms with Gasteiger partial charge in [0.1, 0.15) is 5.75 Å². The molecule has 1 aliphatic rings. The summed E-state index contributed by atoms with van der Waals surface area (Å²) in [4.78, 5) is 0. The molecule has 94 valence electrons. The first kappa shape index (κ1) is 12.4. The van der Waals surface area contributed by atoms with Gasteiger partial charge in [-0.05, 0) is 31.0 Å². The fraction of sp³-hybridized carbons (Fsp3) is 0.571. The number of phenols is 1. The first-order chi connectivity index (χ1) is 8.23. The van der Waals surface area contributed by atoms with Crippen molar-refractivity contribution >= 4 is 0 Å². The van der Waals surface area contributed by atoms with E-state index in [1.807, 2.05) is 18.2 Å². The van der Waals surface area contributed by atoms with Gasteiger partial charge in [-0.1, -0.05) is 31.0 Å². The normalized spacial score (nSPS) is 20.4. The van der Waals surface area contributed by atoms with Crippen LogP contribution in [0.5, 0.6) is 5.75 Å². The average molecular weight is 235 g/mol. The maximum atomic E-state index is 9.95. The van der Waals surface area contributed by atoms with Crippen LogP contribution in [0.2, 0.25) is 0 Å². The molecule has 0 bridgehead atoms. The van der Waals surface area contributed by atoms with E-state index in [9.17, 15) is 10.2 Å².